The van der Waals surface area contributed by atoms with Gasteiger partial charge in [0.1, 0.15) is 17.4 Å². The van der Waals surface area contributed by atoms with Gasteiger partial charge in [-0.25, -0.2) is 8.91 Å². The molecular weight excluding hydrogens is 258 g/mol. The number of rotatable bonds is 1. The maximum atomic E-state index is 13.9. The zero-order valence-corrected chi connectivity index (χ0v) is 9.62. The lowest BCUT2D eigenvalue weighted by Gasteiger charge is -2.12. The number of nitrogens with two attached hydrogens (primary N) is 1. The number of alkyl halides is 1. The van der Waals surface area contributed by atoms with Gasteiger partial charge in [-0.05, 0) is 12.1 Å². The molecule has 1 aliphatic heterocycles. The number of anilines is 1. The molecule has 6 nitrogen and oxygen atoms in total. The van der Waals surface area contributed by atoms with Crippen molar-refractivity contribution in [3.05, 3.63) is 36.2 Å². The summed E-state index contributed by atoms with van der Waals surface area (Å²) in [5.41, 5.74) is 6.11. The summed E-state index contributed by atoms with van der Waals surface area (Å²) in [6, 6.07) is 3.01. The minimum absolute atomic E-state index is 0.0634. The van der Waals surface area contributed by atoms with Gasteiger partial charge in [0.05, 0.1) is 5.69 Å². The highest BCUT2D eigenvalue weighted by Gasteiger charge is 2.42. The van der Waals surface area contributed by atoms with Crippen LogP contribution in [0.5, 0.6) is 0 Å². The molecule has 19 heavy (non-hydrogen) atoms. The average Bonchev–Trinajstić information content (AvgIpc) is 2.86. The summed E-state index contributed by atoms with van der Waals surface area (Å²) in [7, 11) is 0. The Kier molecular flexibility index (Phi) is 2.42. The zero-order valence-electron chi connectivity index (χ0n) is 9.62. The Bertz CT molecular complexity index is 672. The lowest BCUT2D eigenvalue weighted by molar-refractivity contribution is 0.0856. The van der Waals surface area contributed by atoms with E-state index in [0.29, 0.717) is 5.52 Å². The van der Waals surface area contributed by atoms with E-state index in [1.54, 1.807) is 0 Å². The normalized spacial score (nSPS) is 26.9. The summed E-state index contributed by atoms with van der Waals surface area (Å²) < 4.78 is 33.3. The molecule has 1 aliphatic rings. The highest BCUT2D eigenvalue weighted by molar-refractivity contribution is 5.65. The molecule has 1 fully saturated rings. The first-order valence-corrected chi connectivity index (χ1v) is 5.47. The number of nitrogens with zero attached hydrogens (tertiary/aromatic N) is 3. The highest BCUT2D eigenvalue weighted by Crippen LogP contribution is 2.37. The number of aliphatic hydroxyl groups is 1. The number of ether oxygens (including phenoxy) is 1. The summed E-state index contributed by atoms with van der Waals surface area (Å²) in [4.78, 5) is 3.37. The smallest absolute Gasteiger partial charge is 0.327 e. The van der Waals surface area contributed by atoms with Gasteiger partial charge in [0, 0.05) is 0 Å². The first-order valence-electron chi connectivity index (χ1n) is 5.47. The van der Waals surface area contributed by atoms with Crippen molar-refractivity contribution < 1.29 is 18.6 Å². The average molecular weight is 268 g/mol. The van der Waals surface area contributed by atoms with E-state index < -0.39 is 24.5 Å². The highest BCUT2D eigenvalue weighted by atomic mass is 19.1. The lowest BCUT2D eigenvalue weighted by atomic mass is 10.1. The molecule has 8 heteroatoms. The van der Waals surface area contributed by atoms with Crippen molar-refractivity contribution in [3.63, 3.8) is 0 Å². The van der Waals surface area contributed by atoms with Crippen molar-refractivity contribution >= 4 is 11.3 Å². The number of aliphatic hydroxyl groups excluding tert-OH is 1. The summed E-state index contributed by atoms with van der Waals surface area (Å²) in [6.07, 6.45) is -5.27. The fraction of sp³-hybridized carbons (Fsp3) is 0.273. The number of nitrogen functional groups attached to an aromatic ring is 1. The van der Waals surface area contributed by atoms with Crippen LogP contribution in [-0.2, 0) is 4.74 Å². The third kappa shape index (κ3) is 1.64. The van der Waals surface area contributed by atoms with Crippen LogP contribution in [0.2, 0.25) is 0 Å². The van der Waals surface area contributed by atoms with Gasteiger partial charge in [-0.1, -0.05) is 6.58 Å². The maximum Gasteiger partial charge on any atom is 0.327 e. The van der Waals surface area contributed by atoms with Crippen LogP contribution in [0.15, 0.2) is 24.5 Å². The quantitative estimate of drug-likeness (QED) is 0.796. The maximum absolute atomic E-state index is 13.9. The summed E-state index contributed by atoms with van der Waals surface area (Å²) in [5, 5.41) is 13.0. The van der Waals surface area contributed by atoms with E-state index in [-0.39, 0.29) is 17.3 Å². The van der Waals surface area contributed by atoms with E-state index in [2.05, 4.69) is 16.7 Å². The molecular formula is C11H10F2N4O2. The standard InChI is InChI=1S/C11H10F2N4O2/c1-4-8(18)7(12)9(19-4)5-2-3-6-10(14)15-11(13)16-17(5)6/h2-3,7-9,18H,1H2,(H2,14,15,16)/t7-,8-,9+/m1/s1. The Labute approximate surface area is 106 Å². The van der Waals surface area contributed by atoms with Crippen molar-refractivity contribution in [1.29, 1.82) is 0 Å². The van der Waals surface area contributed by atoms with E-state index in [1.165, 1.54) is 12.1 Å². The molecule has 2 aromatic heterocycles. The lowest BCUT2D eigenvalue weighted by Crippen LogP contribution is -2.21. The van der Waals surface area contributed by atoms with Gasteiger partial charge in [0.25, 0.3) is 0 Å². The second-order valence-electron chi connectivity index (χ2n) is 4.22. The molecule has 0 unspecified atom stereocenters. The Morgan fingerprint density at radius 1 is 1.47 bits per heavy atom. The van der Waals surface area contributed by atoms with Crippen LogP contribution in [0.4, 0.5) is 14.6 Å². The molecule has 0 aromatic carbocycles. The third-order valence-corrected chi connectivity index (χ3v) is 3.03. The van der Waals surface area contributed by atoms with Crippen LogP contribution in [-0.4, -0.2) is 32.0 Å². The molecule has 3 atom stereocenters. The molecule has 0 radical (unpaired) electrons. The summed E-state index contributed by atoms with van der Waals surface area (Å²) in [6.45, 7) is 3.41. The van der Waals surface area contributed by atoms with Gasteiger partial charge in [0.15, 0.2) is 18.1 Å². The van der Waals surface area contributed by atoms with Crippen molar-refractivity contribution in [2.75, 3.05) is 5.73 Å². The molecule has 3 rings (SSSR count). The second-order valence-corrected chi connectivity index (χ2v) is 4.22. The largest absolute Gasteiger partial charge is 0.483 e. The predicted octanol–water partition coefficient (Wildman–Crippen LogP) is 0.735. The molecule has 100 valence electrons. The molecule has 2 aromatic rings. The predicted molar refractivity (Wildman–Crippen MR) is 61.2 cm³/mol. The number of hydrogen-bond donors (Lipinski definition) is 2. The zero-order chi connectivity index (χ0) is 13.7. The minimum Gasteiger partial charge on any atom is -0.483 e. The third-order valence-electron chi connectivity index (χ3n) is 3.03. The van der Waals surface area contributed by atoms with E-state index in [1.807, 2.05) is 0 Å². The molecule has 0 spiro atoms. The van der Waals surface area contributed by atoms with Crippen molar-refractivity contribution in [1.82, 2.24) is 14.6 Å². The van der Waals surface area contributed by atoms with Gasteiger partial charge >= 0.3 is 6.08 Å². The van der Waals surface area contributed by atoms with E-state index in [9.17, 15) is 13.9 Å². The van der Waals surface area contributed by atoms with E-state index >= 15 is 0 Å². The number of hydrogen-bond acceptors (Lipinski definition) is 5. The van der Waals surface area contributed by atoms with Crippen molar-refractivity contribution in [2.24, 2.45) is 0 Å². The Balaban J connectivity index is 2.14. The Morgan fingerprint density at radius 2 is 2.21 bits per heavy atom. The van der Waals surface area contributed by atoms with Crippen molar-refractivity contribution in [3.8, 4) is 0 Å². The van der Waals surface area contributed by atoms with Crippen LogP contribution in [0.3, 0.4) is 0 Å². The fourth-order valence-corrected chi connectivity index (χ4v) is 2.09. The fourth-order valence-electron chi connectivity index (χ4n) is 2.09. The minimum atomic E-state index is -1.70. The molecule has 0 amide bonds. The van der Waals surface area contributed by atoms with Crippen LogP contribution in [0, 0.1) is 6.08 Å². The number of aromatic nitrogens is 3. The molecule has 3 heterocycles. The van der Waals surface area contributed by atoms with Crippen LogP contribution in [0.25, 0.3) is 5.52 Å². The van der Waals surface area contributed by atoms with E-state index in [4.69, 9.17) is 10.5 Å². The molecule has 0 aliphatic carbocycles. The molecule has 3 N–H and O–H groups in total. The first-order chi connectivity index (χ1) is 8.99. The SMILES string of the molecule is C=C1O[C@@H](c2ccc3c(N)nc(F)nn23)[C@H](F)[C@@H]1O. The van der Waals surface area contributed by atoms with Crippen LogP contribution < -0.4 is 5.73 Å². The molecule has 0 bridgehead atoms. The monoisotopic (exact) mass is 268 g/mol. The summed E-state index contributed by atoms with van der Waals surface area (Å²) in [5.74, 6) is -0.138. The van der Waals surface area contributed by atoms with Crippen molar-refractivity contribution in [2.45, 2.75) is 18.4 Å². The first kappa shape index (κ1) is 11.8. The second kappa shape index (κ2) is 3.89. The topological polar surface area (TPSA) is 85.7 Å². The van der Waals surface area contributed by atoms with Gasteiger partial charge in [-0.3, -0.25) is 0 Å². The van der Waals surface area contributed by atoms with Gasteiger partial charge in [-0.2, -0.15) is 9.37 Å². The number of fused-ring (bicyclic) bond motifs is 1. The molecule has 0 saturated carbocycles. The van der Waals surface area contributed by atoms with E-state index in [0.717, 1.165) is 4.52 Å². The van der Waals surface area contributed by atoms with Gasteiger partial charge in [-0.15, -0.1) is 5.10 Å². The van der Waals surface area contributed by atoms with Gasteiger partial charge in [0.2, 0.25) is 0 Å². The van der Waals surface area contributed by atoms with Crippen LogP contribution >= 0.6 is 0 Å². The molecule has 1 saturated heterocycles. The Hall–Kier alpha value is -2.22. The van der Waals surface area contributed by atoms with Gasteiger partial charge < -0.3 is 15.6 Å². The van der Waals surface area contributed by atoms with Crippen LogP contribution in [0.1, 0.15) is 11.8 Å². The Morgan fingerprint density at radius 3 is 2.84 bits per heavy atom. The summed E-state index contributed by atoms with van der Waals surface area (Å²) >= 11 is 0. The number of halogens is 2.